The van der Waals surface area contributed by atoms with Gasteiger partial charge in [-0.25, -0.2) is 9.37 Å². The molecule has 1 N–H and O–H groups in total. The largest absolute Gasteiger partial charge is 0.366 e. The van der Waals surface area contributed by atoms with Crippen LogP contribution in [0.4, 0.5) is 4.39 Å². The number of nitriles is 1. The first-order chi connectivity index (χ1) is 12.7. The van der Waals surface area contributed by atoms with E-state index in [1.807, 2.05) is 29.2 Å². The van der Waals surface area contributed by atoms with Crippen LogP contribution in [0.1, 0.15) is 17.0 Å². The first-order valence-corrected chi connectivity index (χ1v) is 8.47. The molecule has 26 heavy (non-hydrogen) atoms. The second kappa shape index (κ2) is 7.20. The maximum absolute atomic E-state index is 14.3. The molecule has 6 nitrogen and oxygen atoms in total. The number of imidazole rings is 1. The van der Waals surface area contributed by atoms with Gasteiger partial charge >= 0.3 is 0 Å². The summed E-state index contributed by atoms with van der Waals surface area (Å²) in [4.78, 5) is 13.6. The molecule has 1 aromatic carbocycles. The molecule has 7 heteroatoms. The highest BCUT2D eigenvalue weighted by Crippen LogP contribution is 2.21. The molecule has 0 radical (unpaired) electrons. The van der Waals surface area contributed by atoms with Crippen molar-refractivity contribution in [1.29, 1.82) is 5.26 Å². The highest BCUT2D eigenvalue weighted by molar-refractivity contribution is 5.73. The monoisotopic (exact) mass is 351 g/mol. The van der Waals surface area contributed by atoms with Gasteiger partial charge < -0.3 is 9.72 Å². The van der Waals surface area contributed by atoms with Crippen LogP contribution in [0.15, 0.2) is 42.7 Å². The zero-order valence-electron chi connectivity index (χ0n) is 14.1. The third kappa shape index (κ3) is 3.57. The number of aromatic amines is 1. The van der Waals surface area contributed by atoms with Crippen molar-refractivity contribution in [1.82, 2.24) is 19.9 Å². The van der Waals surface area contributed by atoms with E-state index in [-0.39, 0.29) is 6.61 Å². The van der Waals surface area contributed by atoms with Crippen molar-refractivity contribution >= 4 is 11.0 Å². The third-order valence-electron chi connectivity index (χ3n) is 4.50. The summed E-state index contributed by atoms with van der Waals surface area (Å²) in [5.74, 6) is 0.667. The molecule has 1 aliphatic heterocycles. The molecule has 1 fully saturated rings. The van der Waals surface area contributed by atoms with E-state index in [1.54, 1.807) is 18.5 Å². The van der Waals surface area contributed by atoms with Gasteiger partial charge in [0.25, 0.3) is 0 Å². The van der Waals surface area contributed by atoms with Crippen molar-refractivity contribution in [3.63, 3.8) is 0 Å². The van der Waals surface area contributed by atoms with Crippen LogP contribution < -0.4 is 0 Å². The van der Waals surface area contributed by atoms with Crippen molar-refractivity contribution in [2.24, 2.45) is 0 Å². The number of rotatable bonds is 5. The molecule has 2 unspecified atom stereocenters. The van der Waals surface area contributed by atoms with E-state index in [2.05, 4.69) is 21.0 Å². The molecule has 1 aliphatic rings. The molecular weight excluding hydrogens is 333 g/mol. The van der Waals surface area contributed by atoms with E-state index in [0.29, 0.717) is 31.0 Å². The maximum atomic E-state index is 14.3. The predicted octanol–water partition coefficient (Wildman–Crippen LogP) is 2.57. The average molecular weight is 351 g/mol. The van der Waals surface area contributed by atoms with Gasteiger partial charge in [0.2, 0.25) is 0 Å². The SMILES string of the molecule is N#Cc1cccc(CN2CC(F)C(OCc3nc4ccncc4[nH]3)C2)c1. The number of pyridine rings is 1. The van der Waals surface area contributed by atoms with E-state index in [4.69, 9.17) is 10.00 Å². The van der Waals surface area contributed by atoms with Gasteiger partial charge in [0.05, 0.1) is 28.9 Å². The Hall–Kier alpha value is -2.82. The lowest BCUT2D eigenvalue weighted by Gasteiger charge is -2.15. The van der Waals surface area contributed by atoms with Gasteiger partial charge in [-0.2, -0.15) is 5.26 Å². The molecule has 0 spiro atoms. The minimum absolute atomic E-state index is 0.234. The van der Waals surface area contributed by atoms with Crippen LogP contribution in [-0.4, -0.2) is 45.2 Å². The van der Waals surface area contributed by atoms with Gasteiger partial charge in [-0.3, -0.25) is 9.88 Å². The molecule has 1 saturated heterocycles. The molecule has 2 aromatic heterocycles. The van der Waals surface area contributed by atoms with Crippen molar-refractivity contribution in [2.75, 3.05) is 13.1 Å². The number of hydrogen-bond acceptors (Lipinski definition) is 5. The predicted molar refractivity (Wildman–Crippen MR) is 93.8 cm³/mol. The number of fused-ring (bicyclic) bond motifs is 1. The van der Waals surface area contributed by atoms with E-state index < -0.39 is 12.3 Å². The molecule has 0 amide bonds. The van der Waals surface area contributed by atoms with Gasteiger partial charge in [0, 0.05) is 25.8 Å². The maximum Gasteiger partial charge on any atom is 0.140 e. The van der Waals surface area contributed by atoms with E-state index >= 15 is 0 Å². The average Bonchev–Trinajstić information content (AvgIpc) is 3.22. The fourth-order valence-corrected chi connectivity index (χ4v) is 3.26. The topological polar surface area (TPSA) is 77.8 Å². The van der Waals surface area contributed by atoms with E-state index in [0.717, 1.165) is 16.6 Å². The van der Waals surface area contributed by atoms with Crippen LogP contribution in [0.3, 0.4) is 0 Å². The molecule has 3 aromatic rings. The summed E-state index contributed by atoms with van der Waals surface area (Å²) >= 11 is 0. The summed E-state index contributed by atoms with van der Waals surface area (Å²) in [5.41, 5.74) is 3.28. The Labute approximate surface area is 150 Å². The van der Waals surface area contributed by atoms with Gasteiger partial charge in [-0.1, -0.05) is 12.1 Å². The number of nitrogens with one attached hydrogen (secondary N) is 1. The first kappa shape index (κ1) is 16.6. The number of halogens is 1. The lowest BCUT2D eigenvalue weighted by atomic mass is 10.1. The summed E-state index contributed by atoms with van der Waals surface area (Å²) < 4.78 is 20.1. The summed E-state index contributed by atoms with van der Waals surface area (Å²) in [7, 11) is 0. The quantitative estimate of drug-likeness (QED) is 0.764. The zero-order chi connectivity index (χ0) is 17.9. The molecule has 0 aliphatic carbocycles. The van der Waals surface area contributed by atoms with Crippen LogP contribution in [0.25, 0.3) is 11.0 Å². The van der Waals surface area contributed by atoms with Crippen LogP contribution in [0.2, 0.25) is 0 Å². The minimum Gasteiger partial charge on any atom is -0.366 e. The summed E-state index contributed by atoms with van der Waals surface area (Å²) in [6.45, 7) is 1.68. The number of likely N-dealkylation sites (tertiary alicyclic amines) is 1. The Morgan fingerprint density at radius 1 is 1.35 bits per heavy atom. The molecule has 4 rings (SSSR count). The van der Waals surface area contributed by atoms with Gasteiger partial charge in [0.1, 0.15) is 24.7 Å². The number of alkyl halides is 1. The lowest BCUT2D eigenvalue weighted by Crippen LogP contribution is -2.24. The highest BCUT2D eigenvalue weighted by atomic mass is 19.1. The van der Waals surface area contributed by atoms with E-state index in [1.165, 1.54) is 0 Å². The van der Waals surface area contributed by atoms with Crippen LogP contribution in [0, 0.1) is 11.3 Å². The van der Waals surface area contributed by atoms with Crippen LogP contribution in [0.5, 0.6) is 0 Å². The highest BCUT2D eigenvalue weighted by Gasteiger charge is 2.33. The number of ether oxygens (including phenoxy) is 1. The number of H-pyrrole nitrogens is 1. The molecule has 3 heterocycles. The lowest BCUT2D eigenvalue weighted by molar-refractivity contribution is 0.00864. The van der Waals surface area contributed by atoms with Crippen molar-refractivity contribution < 1.29 is 9.13 Å². The molecular formula is C19H18FN5O. The second-order valence-electron chi connectivity index (χ2n) is 6.45. The Balaban J connectivity index is 1.35. The Morgan fingerprint density at radius 2 is 2.27 bits per heavy atom. The van der Waals surface area contributed by atoms with Crippen LogP contribution in [-0.2, 0) is 17.9 Å². The number of benzene rings is 1. The Bertz CT molecular complexity index is 917. The number of nitrogens with zero attached hydrogens (tertiary/aromatic N) is 4. The molecule has 2 atom stereocenters. The second-order valence-corrected chi connectivity index (χ2v) is 6.45. The minimum atomic E-state index is -1.04. The standard InChI is InChI=1S/C19H18FN5O/c20-15-10-25(9-14-3-1-2-13(6-14)7-21)11-18(15)26-12-19-23-16-4-5-22-8-17(16)24-19/h1-6,8,15,18H,9-12H2,(H,23,24). The Morgan fingerprint density at radius 3 is 3.12 bits per heavy atom. The van der Waals surface area contributed by atoms with Gasteiger partial charge in [0.15, 0.2) is 0 Å². The van der Waals surface area contributed by atoms with Gasteiger partial charge in [-0.05, 0) is 23.8 Å². The van der Waals surface area contributed by atoms with Crippen molar-refractivity contribution in [2.45, 2.75) is 25.4 Å². The molecule has 132 valence electrons. The first-order valence-electron chi connectivity index (χ1n) is 8.47. The van der Waals surface area contributed by atoms with Crippen LogP contribution >= 0.6 is 0 Å². The van der Waals surface area contributed by atoms with Gasteiger partial charge in [-0.15, -0.1) is 0 Å². The van der Waals surface area contributed by atoms with Crippen molar-refractivity contribution in [3.8, 4) is 6.07 Å². The van der Waals surface area contributed by atoms with E-state index in [9.17, 15) is 4.39 Å². The summed E-state index contributed by atoms with van der Waals surface area (Å²) in [5, 5.41) is 8.98. The smallest absolute Gasteiger partial charge is 0.140 e. The number of hydrogen-bond donors (Lipinski definition) is 1. The molecule has 0 saturated carbocycles. The van der Waals surface area contributed by atoms with Crippen molar-refractivity contribution in [3.05, 3.63) is 59.7 Å². The normalized spacial score (nSPS) is 20.5. The fourth-order valence-electron chi connectivity index (χ4n) is 3.26. The zero-order valence-corrected chi connectivity index (χ0v) is 14.1. The summed E-state index contributed by atoms with van der Waals surface area (Å²) in [6, 6.07) is 11.3. The fraction of sp³-hybridized carbons (Fsp3) is 0.316. The molecule has 0 bridgehead atoms. The number of aromatic nitrogens is 3. The summed E-state index contributed by atoms with van der Waals surface area (Å²) in [6.07, 6.45) is 1.86. The third-order valence-corrected chi connectivity index (χ3v) is 4.50. The Kier molecular flexibility index (Phi) is 4.61.